The summed E-state index contributed by atoms with van der Waals surface area (Å²) >= 11 is 4.56. The molecule has 116 valence electrons. The van der Waals surface area contributed by atoms with Crippen molar-refractivity contribution >= 4 is 44.6 Å². The Labute approximate surface area is 139 Å². The van der Waals surface area contributed by atoms with Gasteiger partial charge in [-0.1, -0.05) is 22.0 Å². The third kappa shape index (κ3) is 4.60. The minimum Gasteiger partial charge on any atom is -0.466 e. The second-order valence-electron chi connectivity index (χ2n) is 4.13. The molecule has 0 saturated carbocycles. The van der Waals surface area contributed by atoms with Crippen molar-refractivity contribution in [1.29, 1.82) is 0 Å². The molecule has 0 atom stereocenters. The van der Waals surface area contributed by atoms with E-state index in [0.717, 1.165) is 0 Å². The van der Waals surface area contributed by atoms with Crippen LogP contribution in [0.3, 0.4) is 0 Å². The lowest BCUT2D eigenvalue weighted by atomic mass is 10.2. The van der Waals surface area contributed by atoms with E-state index in [0.29, 0.717) is 27.5 Å². The maximum Gasteiger partial charge on any atom is 0.311 e. The molecular formula is C14H13BrFN3O2S. The van der Waals surface area contributed by atoms with Crippen LogP contribution < -0.4 is 5.43 Å². The molecule has 0 aliphatic carbocycles. The van der Waals surface area contributed by atoms with Crippen LogP contribution in [-0.4, -0.2) is 23.8 Å². The van der Waals surface area contributed by atoms with Gasteiger partial charge in [-0.2, -0.15) is 5.10 Å². The predicted molar refractivity (Wildman–Crippen MR) is 87.8 cm³/mol. The molecule has 0 unspecified atom stereocenters. The van der Waals surface area contributed by atoms with Crippen molar-refractivity contribution in [3.63, 3.8) is 0 Å². The number of hydrazone groups is 1. The molecule has 0 aliphatic heterocycles. The molecule has 22 heavy (non-hydrogen) atoms. The second kappa shape index (κ2) is 8.00. The lowest BCUT2D eigenvalue weighted by Gasteiger charge is -1.99. The average molecular weight is 386 g/mol. The van der Waals surface area contributed by atoms with E-state index in [-0.39, 0.29) is 18.2 Å². The lowest BCUT2D eigenvalue weighted by Crippen LogP contribution is -2.07. The SMILES string of the molecule is CCOC(=O)Cc1csc(NN=Cc2c(F)cccc2Br)n1. The molecule has 0 saturated heterocycles. The topological polar surface area (TPSA) is 63.6 Å². The number of hydrogen-bond donors (Lipinski definition) is 1. The summed E-state index contributed by atoms with van der Waals surface area (Å²) in [5, 5.41) is 6.21. The zero-order chi connectivity index (χ0) is 15.9. The zero-order valence-corrected chi connectivity index (χ0v) is 14.1. The van der Waals surface area contributed by atoms with Crippen LogP contribution in [0.25, 0.3) is 0 Å². The van der Waals surface area contributed by atoms with Gasteiger partial charge in [0.2, 0.25) is 5.13 Å². The molecule has 8 heteroatoms. The number of anilines is 1. The highest BCUT2D eigenvalue weighted by atomic mass is 79.9. The van der Waals surface area contributed by atoms with Crippen LogP contribution in [0.5, 0.6) is 0 Å². The number of esters is 1. The fourth-order valence-electron chi connectivity index (χ4n) is 1.59. The van der Waals surface area contributed by atoms with Gasteiger partial charge in [0.1, 0.15) is 5.82 Å². The smallest absolute Gasteiger partial charge is 0.311 e. The fourth-order valence-corrected chi connectivity index (χ4v) is 2.69. The summed E-state index contributed by atoms with van der Waals surface area (Å²) in [6.45, 7) is 2.09. The normalized spacial score (nSPS) is 10.9. The first-order valence-corrected chi connectivity index (χ1v) is 8.10. The number of ether oxygens (including phenoxy) is 1. The zero-order valence-electron chi connectivity index (χ0n) is 11.7. The number of benzene rings is 1. The van der Waals surface area contributed by atoms with Crippen molar-refractivity contribution in [2.75, 3.05) is 12.0 Å². The van der Waals surface area contributed by atoms with Gasteiger partial charge in [0.05, 0.1) is 24.9 Å². The summed E-state index contributed by atoms with van der Waals surface area (Å²) in [6.07, 6.45) is 1.49. The van der Waals surface area contributed by atoms with Crippen LogP contribution >= 0.6 is 27.3 Å². The number of nitrogens with zero attached hydrogens (tertiary/aromatic N) is 2. The van der Waals surface area contributed by atoms with Gasteiger partial charge >= 0.3 is 5.97 Å². The minimum absolute atomic E-state index is 0.120. The number of carbonyl (C=O) groups is 1. The highest BCUT2D eigenvalue weighted by Crippen LogP contribution is 2.19. The molecule has 1 aromatic heterocycles. The average Bonchev–Trinajstić information content (AvgIpc) is 2.90. The Balaban J connectivity index is 1.96. The van der Waals surface area contributed by atoms with Gasteiger partial charge in [-0.3, -0.25) is 10.2 Å². The Kier molecular flexibility index (Phi) is 6.02. The number of carbonyl (C=O) groups excluding carboxylic acids is 1. The molecular weight excluding hydrogens is 373 g/mol. The highest BCUT2D eigenvalue weighted by Gasteiger charge is 2.08. The molecule has 0 amide bonds. The molecule has 0 radical (unpaired) electrons. The number of thiazole rings is 1. The largest absolute Gasteiger partial charge is 0.466 e. The first kappa shape index (κ1) is 16.6. The van der Waals surface area contributed by atoms with Crippen LogP contribution in [-0.2, 0) is 16.0 Å². The van der Waals surface area contributed by atoms with Crippen LogP contribution in [0.1, 0.15) is 18.2 Å². The van der Waals surface area contributed by atoms with E-state index in [1.54, 1.807) is 24.4 Å². The molecule has 1 aromatic carbocycles. The van der Waals surface area contributed by atoms with E-state index in [9.17, 15) is 9.18 Å². The standard InChI is InChI=1S/C14H13BrFN3O2S/c1-2-21-13(20)6-9-8-22-14(18-9)19-17-7-10-11(15)4-3-5-12(10)16/h3-5,7-8H,2,6H2,1H3,(H,18,19). The van der Waals surface area contributed by atoms with Crippen LogP contribution in [0, 0.1) is 5.82 Å². The van der Waals surface area contributed by atoms with Gasteiger partial charge in [0, 0.05) is 15.4 Å². The van der Waals surface area contributed by atoms with Gasteiger partial charge < -0.3 is 4.74 Å². The molecule has 0 fully saturated rings. The number of rotatable bonds is 6. The fraction of sp³-hybridized carbons (Fsp3) is 0.214. The van der Waals surface area contributed by atoms with Gasteiger partial charge in [-0.25, -0.2) is 9.37 Å². The van der Waals surface area contributed by atoms with Crippen molar-refractivity contribution in [2.45, 2.75) is 13.3 Å². The lowest BCUT2D eigenvalue weighted by molar-refractivity contribution is -0.142. The Bertz CT molecular complexity index is 670. The Hall–Kier alpha value is -1.80. The van der Waals surface area contributed by atoms with Gasteiger partial charge in [0.15, 0.2) is 0 Å². The number of aromatic nitrogens is 1. The van der Waals surface area contributed by atoms with Crippen LogP contribution in [0.2, 0.25) is 0 Å². The second-order valence-corrected chi connectivity index (χ2v) is 5.84. The predicted octanol–water partition coefficient (Wildman–Crippen LogP) is 3.60. The Morgan fingerprint density at radius 3 is 3.14 bits per heavy atom. The van der Waals surface area contributed by atoms with Crippen LogP contribution in [0.15, 0.2) is 33.2 Å². The summed E-state index contributed by atoms with van der Waals surface area (Å²) in [5.41, 5.74) is 3.66. The van der Waals surface area contributed by atoms with Gasteiger partial charge in [-0.15, -0.1) is 11.3 Å². The highest BCUT2D eigenvalue weighted by molar-refractivity contribution is 9.10. The molecule has 0 spiro atoms. The molecule has 2 aromatic rings. The molecule has 1 N–H and O–H groups in total. The third-order valence-electron chi connectivity index (χ3n) is 2.54. The van der Waals surface area contributed by atoms with Crippen molar-refractivity contribution in [3.8, 4) is 0 Å². The minimum atomic E-state index is -0.373. The third-order valence-corrected chi connectivity index (χ3v) is 4.02. The first-order valence-electron chi connectivity index (χ1n) is 6.43. The first-order chi connectivity index (χ1) is 10.6. The van der Waals surface area contributed by atoms with E-state index >= 15 is 0 Å². The summed E-state index contributed by atoms with van der Waals surface area (Å²) in [7, 11) is 0. The summed E-state index contributed by atoms with van der Waals surface area (Å²) in [4.78, 5) is 15.5. The van der Waals surface area contributed by atoms with E-state index in [1.165, 1.54) is 23.6 Å². The van der Waals surface area contributed by atoms with Crippen molar-refractivity contribution < 1.29 is 13.9 Å². The van der Waals surface area contributed by atoms with Gasteiger partial charge in [-0.05, 0) is 19.1 Å². The maximum absolute atomic E-state index is 13.6. The van der Waals surface area contributed by atoms with Crippen molar-refractivity contribution in [1.82, 2.24) is 4.98 Å². The van der Waals surface area contributed by atoms with Crippen molar-refractivity contribution in [2.24, 2.45) is 5.10 Å². The summed E-state index contributed by atoms with van der Waals surface area (Å²) < 4.78 is 19.0. The van der Waals surface area contributed by atoms with E-state index in [2.05, 4.69) is 31.4 Å². The molecule has 0 bridgehead atoms. The molecule has 0 aliphatic rings. The quantitative estimate of drug-likeness (QED) is 0.468. The number of halogens is 2. The van der Waals surface area contributed by atoms with E-state index in [4.69, 9.17) is 4.74 Å². The molecule has 1 heterocycles. The number of nitrogens with one attached hydrogen (secondary N) is 1. The Morgan fingerprint density at radius 1 is 1.59 bits per heavy atom. The molecule has 5 nitrogen and oxygen atoms in total. The Morgan fingerprint density at radius 2 is 2.41 bits per heavy atom. The van der Waals surface area contributed by atoms with E-state index < -0.39 is 0 Å². The maximum atomic E-state index is 13.6. The summed E-state index contributed by atoms with van der Waals surface area (Å²) in [6, 6.07) is 4.69. The van der Waals surface area contributed by atoms with Crippen molar-refractivity contribution in [3.05, 3.63) is 45.1 Å². The van der Waals surface area contributed by atoms with Crippen LogP contribution in [0.4, 0.5) is 9.52 Å². The molecule has 2 rings (SSSR count). The number of hydrogen-bond acceptors (Lipinski definition) is 6. The van der Waals surface area contributed by atoms with Gasteiger partial charge in [0.25, 0.3) is 0 Å². The van der Waals surface area contributed by atoms with E-state index in [1.807, 2.05) is 0 Å². The monoisotopic (exact) mass is 385 g/mol. The summed E-state index contributed by atoms with van der Waals surface area (Å²) in [5.74, 6) is -0.694.